The van der Waals surface area contributed by atoms with Crippen LogP contribution in [0.1, 0.15) is 52.6 Å². The van der Waals surface area contributed by atoms with Crippen molar-refractivity contribution in [1.82, 2.24) is 4.90 Å². The molecule has 1 aliphatic rings. The van der Waals surface area contributed by atoms with Gasteiger partial charge in [0.1, 0.15) is 11.6 Å². The van der Waals surface area contributed by atoms with Crippen molar-refractivity contribution in [3.63, 3.8) is 0 Å². The van der Waals surface area contributed by atoms with Crippen molar-refractivity contribution in [2.45, 2.75) is 51.2 Å². The van der Waals surface area contributed by atoms with E-state index in [1.54, 1.807) is 45.0 Å². The summed E-state index contributed by atoms with van der Waals surface area (Å²) in [6.07, 6.45) is 0. The van der Waals surface area contributed by atoms with E-state index in [4.69, 9.17) is 4.74 Å². The molecular formula is C23H25NO4S. The molecule has 2 aromatic rings. The molecule has 0 aliphatic carbocycles. The van der Waals surface area contributed by atoms with Gasteiger partial charge in [-0.1, -0.05) is 18.2 Å². The number of benzene rings is 2. The smallest absolute Gasteiger partial charge is 0.330 e. The molecule has 3 rings (SSSR count). The molecule has 0 spiro atoms. The molecule has 152 valence electrons. The largest absolute Gasteiger partial charge is 0.458 e. The highest BCUT2D eigenvalue weighted by Gasteiger charge is 2.44. The van der Waals surface area contributed by atoms with Gasteiger partial charge in [-0.2, -0.15) is 0 Å². The van der Waals surface area contributed by atoms with Gasteiger partial charge in [0.15, 0.2) is 0 Å². The molecule has 0 aromatic heterocycles. The van der Waals surface area contributed by atoms with Crippen molar-refractivity contribution < 1.29 is 19.1 Å². The van der Waals surface area contributed by atoms with Crippen LogP contribution >= 0.6 is 11.8 Å². The molecule has 1 heterocycles. The number of thioether (sulfide) groups is 1. The first-order chi connectivity index (χ1) is 13.6. The summed E-state index contributed by atoms with van der Waals surface area (Å²) in [5.74, 6) is -1.27. The number of hydrogen-bond donors (Lipinski definition) is 0. The van der Waals surface area contributed by atoms with Crippen LogP contribution in [0.3, 0.4) is 0 Å². The molecule has 0 radical (unpaired) electrons. The van der Waals surface area contributed by atoms with E-state index in [1.165, 1.54) is 11.8 Å². The van der Waals surface area contributed by atoms with Crippen molar-refractivity contribution >= 4 is 29.5 Å². The Morgan fingerprint density at radius 2 is 1.52 bits per heavy atom. The molecule has 5 nitrogen and oxygen atoms in total. The molecule has 2 amide bonds. The fourth-order valence-corrected chi connectivity index (χ4v) is 4.47. The number of ether oxygens (including phenoxy) is 1. The summed E-state index contributed by atoms with van der Waals surface area (Å²) < 4.78 is 5.55. The molecule has 1 aliphatic heterocycles. The van der Waals surface area contributed by atoms with Crippen LogP contribution in [0, 0.1) is 13.8 Å². The number of nitrogens with zero attached hydrogens (tertiary/aromatic N) is 1. The number of carbonyl (C=O) groups is 3. The van der Waals surface area contributed by atoms with Crippen LogP contribution < -0.4 is 0 Å². The maximum Gasteiger partial charge on any atom is 0.330 e. The second-order valence-corrected chi connectivity index (χ2v) is 9.30. The van der Waals surface area contributed by atoms with Crippen LogP contribution in [0.15, 0.2) is 47.4 Å². The molecule has 29 heavy (non-hydrogen) atoms. The summed E-state index contributed by atoms with van der Waals surface area (Å²) in [6.45, 7) is 9.31. The SMILES string of the molecule is Cc1cc(C)cc(SC[C@H](C(=O)OC(C)(C)C)N2C(=O)c3ccccc3C2=O)c1. The molecule has 6 heteroatoms. The highest BCUT2D eigenvalue weighted by molar-refractivity contribution is 7.99. The van der Waals surface area contributed by atoms with Gasteiger partial charge in [0.05, 0.1) is 11.1 Å². The Morgan fingerprint density at radius 1 is 1.00 bits per heavy atom. The van der Waals surface area contributed by atoms with E-state index < -0.39 is 29.4 Å². The third-order valence-corrected chi connectivity index (χ3v) is 5.47. The zero-order valence-electron chi connectivity index (χ0n) is 17.3. The van der Waals surface area contributed by atoms with Gasteiger partial charge in [0.25, 0.3) is 11.8 Å². The number of carbonyl (C=O) groups excluding carboxylic acids is 3. The minimum Gasteiger partial charge on any atom is -0.458 e. The van der Waals surface area contributed by atoms with Gasteiger partial charge >= 0.3 is 5.97 Å². The molecule has 1 atom stereocenters. The zero-order chi connectivity index (χ0) is 21.3. The summed E-state index contributed by atoms with van der Waals surface area (Å²) in [6, 6.07) is 11.7. The maximum atomic E-state index is 13.0. The number of hydrogen-bond acceptors (Lipinski definition) is 5. The number of rotatable bonds is 5. The van der Waals surface area contributed by atoms with Crippen LogP contribution in [-0.4, -0.2) is 40.1 Å². The lowest BCUT2D eigenvalue weighted by atomic mass is 10.1. The van der Waals surface area contributed by atoms with Gasteiger partial charge in [-0.05, 0) is 70.0 Å². The standard InChI is InChI=1S/C23H25NO4S/c1-14-10-15(2)12-16(11-14)29-13-19(22(27)28-23(3,4)5)24-20(25)17-8-6-7-9-18(17)21(24)26/h6-12,19H,13H2,1-5H3/t19-/m1/s1. The van der Waals surface area contributed by atoms with Gasteiger partial charge in [-0.15, -0.1) is 11.8 Å². The number of esters is 1. The molecule has 0 saturated carbocycles. The number of imide groups is 1. The number of aryl methyl sites for hydroxylation is 2. The Kier molecular flexibility index (Phi) is 5.85. The van der Waals surface area contributed by atoms with Gasteiger partial charge in [-0.25, -0.2) is 4.79 Å². The van der Waals surface area contributed by atoms with Crippen LogP contribution in [0.2, 0.25) is 0 Å². The third kappa shape index (κ3) is 4.70. The van der Waals surface area contributed by atoms with Crippen LogP contribution in [-0.2, 0) is 9.53 Å². The van der Waals surface area contributed by atoms with Crippen molar-refractivity contribution in [3.8, 4) is 0 Å². The second kappa shape index (κ2) is 8.03. The van der Waals surface area contributed by atoms with E-state index in [2.05, 4.69) is 6.07 Å². The van der Waals surface area contributed by atoms with Gasteiger partial charge in [0.2, 0.25) is 0 Å². The maximum absolute atomic E-state index is 13.0. The van der Waals surface area contributed by atoms with Crippen molar-refractivity contribution in [2.24, 2.45) is 0 Å². The van der Waals surface area contributed by atoms with Crippen molar-refractivity contribution in [1.29, 1.82) is 0 Å². The Bertz CT molecular complexity index is 922. The lowest BCUT2D eigenvalue weighted by Crippen LogP contribution is -2.48. The minimum atomic E-state index is -1.01. The molecule has 0 saturated heterocycles. The summed E-state index contributed by atoms with van der Waals surface area (Å²) in [5.41, 5.74) is 2.15. The van der Waals surface area contributed by atoms with Crippen LogP contribution in [0.5, 0.6) is 0 Å². The molecule has 0 unspecified atom stereocenters. The zero-order valence-corrected chi connectivity index (χ0v) is 18.1. The average Bonchev–Trinajstić information content (AvgIpc) is 2.85. The second-order valence-electron chi connectivity index (χ2n) is 8.21. The van der Waals surface area contributed by atoms with Crippen molar-refractivity contribution in [3.05, 3.63) is 64.7 Å². The first-order valence-electron chi connectivity index (χ1n) is 9.48. The van der Waals surface area contributed by atoms with E-state index in [-0.39, 0.29) is 5.75 Å². The van der Waals surface area contributed by atoms with Gasteiger partial charge in [-0.3, -0.25) is 14.5 Å². The lowest BCUT2D eigenvalue weighted by molar-refractivity contribution is -0.158. The highest BCUT2D eigenvalue weighted by Crippen LogP contribution is 2.29. The van der Waals surface area contributed by atoms with E-state index in [9.17, 15) is 14.4 Å². The molecule has 0 N–H and O–H groups in total. The Morgan fingerprint density at radius 3 is 2.00 bits per heavy atom. The normalized spacial score (nSPS) is 14.7. The van der Waals surface area contributed by atoms with E-state index in [0.717, 1.165) is 20.9 Å². The fourth-order valence-electron chi connectivity index (χ4n) is 3.30. The number of amides is 2. The van der Waals surface area contributed by atoms with E-state index in [0.29, 0.717) is 11.1 Å². The molecular weight excluding hydrogens is 386 g/mol. The molecule has 0 fully saturated rings. The predicted molar refractivity (Wildman–Crippen MR) is 113 cm³/mol. The van der Waals surface area contributed by atoms with Gasteiger partial charge < -0.3 is 4.74 Å². The predicted octanol–water partition coefficient (Wildman–Crippen LogP) is 4.40. The monoisotopic (exact) mass is 411 g/mol. The summed E-state index contributed by atoms with van der Waals surface area (Å²) in [4.78, 5) is 40.8. The summed E-state index contributed by atoms with van der Waals surface area (Å²) in [7, 11) is 0. The topological polar surface area (TPSA) is 63.7 Å². The number of fused-ring (bicyclic) bond motifs is 1. The van der Waals surface area contributed by atoms with Gasteiger partial charge in [0, 0.05) is 10.6 Å². The third-order valence-electron chi connectivity index (χ3n) is 4.42. The minimum absolute atomic E-state index is 0.225. The highest BCUT2D eigenvalue weighted by atomic mass is 32.2. The van der Waals surface area contributed by atoms with E-state index in [1.807, 2.05) is 26.0 Å². The Labute approximate surface area is 175 Å². The van der Waals surface area contributed by atoms with E-state index >= 15 is 0 Å². The van der Waals surface area contributed by atoms with Crippen molar-refractivity contribution in [2.75, 3.05) is 5.75 Å². The quantitative estimate of drug-likeness (QED) is 0.414. The molecule has 0 bridgehead atoms. The van der Waals surface area contributed by atoms with Crippen LogP contribution in [0.4, 0.5) is 0 Å². The summed E-state index contributed by atoms with van der Waals surface area (Å²) >= 11 is 1.43. The lowest BCUT2D eigenvalue weighted by Gasteiger charge is -2.28. The average molecular weight is 412 g/mol. The first-order valence-corrected chi connectivity index (χ1v) is 10.5. The molecule has 2 aromatic carbocycles. The fraction of sp³-hybridized carbons (Fsp3) is 0.348. The Hall–Kier alpha value is -2.60. The first kappa shape index (κ1) is 21.1. The summed E-state index contributed by atoms with van der Waals surface area (Å²) in [5, 5.41) is 0. The Balaban J connectivity index is 1.90. The van der Waals surface area contributed by atoms with Crippen LogP contribution in [0.25, 0.3) is 0 Å².